The van der Waals surface area contributed by atoms with E-state index in [0.29, 0.717) is 22.1 Å². The molecule has 1 aromatic carbocycles. The van der Waals surface area contributed by atoms with Crippen LogP contribution < -0.4 is 5.73 Å². The fraction of sp³-hybridized carbons (Fsp3) is 0.235. The van der Waals surface area contributed by atoms with E-state index < -0.39 is 0 Å². The van der Waals surface area contributed by atoms with Crippen molar-refractivity contribution in [3.63, 3.8) is 0 Å². The number of allylic oxidation sites excluding steroid dienone is 1. The minimum Gasteiger partial charge on any atom is -0.382 e. The fourth-order valence-electron chi connectivity index (χ4n) is 2.18. The average molecular weight is 325 g/mol. The van der Waals surface area contributed by atoms with Gasteiger partial charge in [0.15, 0.2) is 16.6 Å². The number of thioether (sulfide) groups is 1. The van der Waals surface area contributed by atoms with Gasteiger partial charge in [0.1, 0.15) is 11.3 Å². The Balaban J connectivity index is 1.78. The Morgan fingerprint density at radius 3 is 2.74 bits per heavy atom. The Labute approximate surface area is 139 Å². The van der Waals surface area contributed by atoms with Gasteiger partial charge >= 0.3 is 0 Å². The summed E-state index contributed by atoms with van der Waals surface area (Å²) in [6, 6.07) is 10.2. The van der Waals surface area contributed by atoms with Crippen molar-refractivity contribution in [2.45, 2.75) is 30.7 Å². The molecule has 6 heteroatoms. The molecule has 2 aromatic heterocycles. The van der Waals surface area contributed by atoms with Gasteiger partial charge in [-0.3, -0.25) is 0 Å². The second-order valence-electron chi connectivity index (χ2n) is 5.50. The van der Waals surface area contributed by atoms with Crippen LogP contribution in [0, 0.1) is 0 Å². The van der Waals surface area contributed by atoms with Crippen molar-refractivity contribution in [1.82, 2.24) is 19.9 Å². The number of hydrogen-bond acceptors (Lipinski definition) is 5. The molecule has 3 N–H and O–H groups in total. The Hall–Kier alpha value is -2.34. The number of hydrogen-bond donors (Lipinski definition) is 2. The molecule has 0 radical (unpaired) electrons. The smallest absolute Gasteiger partial charge is 0.192 e. The number of nitrogen functional groups attached to an aromatic ring is 1. The molecule has 0 saturated heterocycles. The summed E-state index contributed by atoms with van der Waals surface area (Å²) in [6.07, 6.45) is 1.69. The number of benzene rings is 1. The number of nitrogens with one attached hydrogen (secondary N) is 1. The first-order valence-electron chi connectivity index (χ1n) is 7.45. The van der Waals surface area contributed by atoms with Crippen molar-refractivity contribution in [1.29, 1.82) is 0 Å². The van der Waals surface area contributed by atoms with Gasteiger partial charge < -0.3 is 10.7 Å². The molecule has 3 aromatic rings. The molecule has 0 fully saturated rings. The number of fused-ring (bicyclic) bond motifs is 1. The second-order valence-corrected chi connectivity index (χ2v) is 6.45. The zero-order chi connectivity index (χ0) is 16.2. The maximum atomic E-state index is 6.04. The Bertz CT molecular complexity index is 826. The van der Waals surface area contributed by atoms with Crippen LogP contribution in [0.1, 0.15) is 24.7 Å². The molecule has 23 heavy (non-hydrogen) atoms. The van der Waals surface area contributed by atoms with Gasteiger partial charge in [-0.15, -0.1) is 6.58 Å². The molecule has 0 atom stereocenters. The zero-order valence-corrected chi connectivity index (χ0v) is 13.9. The number of nitrogens with zero attached hydrogens (tertiary/aromatic N) is 3. The molecule has 2 heterocycles. The highest BCUT2D eigenvalue weighted by Crippen LogP contribution is 2.24. The van der Waals surface area contributed by atoms with Crippen LogP contribution in [0.25, 0.3) is 11.2 Å². The molecule has 0 bridgehead atoms. The van der Waals surface area contributed by atoms with Crippen LogP contribution in [0.2, 0.25) is 0 Å². The third-order valence-corrected chi connectivity index (χ3v) is 4.33. The number of nitrogens with two attached hydrogens (primary N) is 1. The van der Waals surface area contributed by atoms with Crippen molar-refractivity contribution in [3.8, 4) is 0 Å². The summed E-state index contributed by atoms with van der Waals surface area (Å²) in [5.74, 6) is 2.12. The van der Waals surface area contributed by atoms with E-state index in [2.05, 4.69) is 38.6 Å². The zero-order valence-electron chi connectivity index (χ0n) is 13.0. The minimum absolute atomic E-state index is 0.444. The van der Waals surface area contributed by atoms with Crippen LogP contribution in [-0.4, -0.2) is 19.9 Å². The van der Waals surface area contributed by atoms with Crippen LogP contribution in [0.15, 0.2) is 47.6 Å². The lowest BCUT2D eigenvalue weighted by atomic mass is 10.2. The first-order valence-corrected chi connectivity index (χ1v) is 8.43. The molecule has 0 saturated carbocycles. The van der Waals surface area contributed by atoms with Gasteiger partial charge in [-0.2, -0.15) is 0 Å². The van der Waals surface area contributed by atoms with E-state index >= 15 is 0 Å². The quantitative estimate of drug-likeness (QED) is 0.410. The summed E-state index contributed by atoms with van der Waals surface area (Å²) in [6.45, 7) is 5.92. The molecule has 118 valence electrons. The molecule has 0 aliphatic heterocycles. The van der Waals surface area contributed by atoms with Gasteiger partial charge in [-0.05, 0) is 18.9 Å². The monoisotopic (exact) mass is 325 g/mol. The van der Waals surface area contributed by atoms with E-state index in [4.69, 9.17) is 5.73 Å². The van der Waals surface area contributed by atoms with E-state index in [-0.39, 0.29) is 0 Å². The summed E-state index contributed by atoms with van der Waals surface area (Å²) in [5.41, 5.74) is 9.74. The van der Waals surface area contributed by atoms with Crippen molar-refractivity contribution in [3.05, 3.63) is 53.9 Å². The van der Waals surface area contributed by atoms with Crippen LogP contribution in [-0.2, 0) is 12.2 Å². The highest BCUT2D eigenvalue weighted by Gasteiger charge is 2.11. The third-order valence-electron chi connectivity index (χ3n) is 3.41. The summed E-state index contributed by atoms with van der Waals surface area (Å²) in [7, 11) is 0. The number of rotatable bonds is 6. The van der Waals surface area contributed by atoms with E-state index in [0.717, 1.165) is 30.0 Å². The highest BCUT2D eigenvalue weighted by molar-refractivity contribution is 7.98. The van der Waals surface area contributed by atoms with Crippen molar-refractivity contribution < 1.29 is 0 Å². The largest absolute Gasteiger partial charge is 0.382 e. The number of anilines is 1. The number of aromatic nitrogens is 4. The summed E-state index contributed by atoms with van der Waals surface area (Å²) < 4.78 is 0. The Kier molecular flexibility index (Phi) is 4.62. The van der Waals surface area contributed by atoms with E-state index in [1.54, 1.807) is 11.8 Å². The van der Waals surface area contributed by atoms with E-state index in [9.17, 15) is 0 Å². The molecule has 0 spiro atoms. The molecule has 0 aliphatic carbocycles. The Morgan fingerprint density at radius 1 is 1.22 bits per heavy atom. The van der Waals surface area contributed by atoms with Crippen LogP contribution in [0.5, 0.6) is 0 Å². The van der Waals surface area contributed by atoms with E-state index in [1.807, 2.05) is 25.1 Å². The summed E-state index contributed by atoms with van der Waals surface area (Å²) in [5, 5.41) is 0.650. The van der Waals surface area contributed by atoms with Gasteiger partial charge in [0, 0.05) is 12.2 Å². The van der Waals surface area contributed by atoms with Gasteiger partial charge in [0.05, 0.1) is 0 Å². The lowest BCUT2D eigenvalue weighted by Crippen LogP contribution is -1.96. The van der Waals surface area contributed by atoms with Crippen molar-refractivity contribution >= 4 is 28.7 Å². The predicted octanol–water partition coefficient (Wildman–Crippen LogP) is 3.74. The minimum atomic E-state index is 0.444. The molecule has 3 rings (SSSR count). The average Bonchev–Trinajstić information content (AvgIpc) is 2.96. The lowest BCUT2D eigenvalue weighted by molar-refractivity contribution is 0.879. The van der Waals surface area contributed by atoms with Gasteiger partial charge in [-0.1, -0.05) is 47.7 Å². The maximum Gasteiger partial charge on any atom is 0.192 e. The van der Waals surface area contributed by atoms with Crippen molar-refractivity contribution in [2.24, 2.45) is 0 Å². The Morgan fingerprint density at radius 2 is 2.00 bits per heavy atom. The number of imidazole rings is 1. The first kappa shape index (κ1) is 15.6. The SMILES string of the molecule is C=C(C)CCc1nc2nc(SCc3ccccc3)nc(N)c2[nH]1. The van der Waals surface area contributed by atoms with Crippen molar-refractivity contribution in [2.75, 3.05) is 5.73 Å². The molecular formula is C17H19N5S. The van der Waals surface area contributed by atoms with Gasteiger partial charge in [0.2, 0.25) is 0 Å². The van der Waals surface area contributed by atoms with Crippen LogP contribution in [0.4, 0.5) is 5.82 Å². The molecule has 0 unspecified atom stereocenters. The van der Waals surface area contributed by atoms with Crippen LogP contribution in [0.3, 0.4) is 0 Å². The molecule has 5 nitrogen and oxygen atoms in total. The summed E-state index contributed by atoms with van der Waals surface area (Å²) >= 11 is 1.56. The van der Waals surface area contributed by atoms with Crippen LogP contribution >= 0.6 is 11.8 Å². The number of aromatic amines is 1. The lowest BCUT2D eigenvalue weighted by Gasteiger charge is -2.02. The molecule has 0 aliphatic rings. The summed E-state index contributed by atoms with van der Waals surface area (Å²) in [4.78, 5) is 16.6. The highest BCUT2D eigenvalue weighted by atomic mass is 32.2. The standard InChI is InChI=1S/C17H19N5S/c1-11(2)8-9-13-19-14-15(18)21-17(22-16(14)20-13)23-10-12-6-4-3-5-7-12/h3-7H,1,8-10H2,2H3,(H3,18,19,20,21,22). The maximum absolute atomic E-state index is 6.04. The molecule has 0 amide bonds. The fourth-order valence-corrected chi connectivity index (χ4v) is 2.98. The van der Waals surface area contributed by atoms with Gasteiger partial charge in [0.25, 0.3) is 0 Å². The topological polar surface area (TPSA) is 80.5 Å². The van der Waals surface area contributed by atoms with Gasteiger partial charge in [-0.25, -0.2) is 15.0 Å². The normalized spacial score (nSPS) is 11.0. The number of aryl methyl sites for hydroxylation is 1. The van der Waals surface area contributed by atoms with E-state index in [1.165, 1.54) is 5.56 Å². The molecular weight excluding hydrogens is 306 g/mol. The number of H-pyrrole nitrogens is 1. The predicted molar refractivity (Wildman–Crippen MR) is 95.2 cm³/mol. The second kappa shape index (κ2) is 6.83. The third kappa shape index (κ3) is 3.90. The first-order chi connectivity index (χ1) is 11.1.